The molecule has 1 heterocycles. The molecule has 1 aromatic rings. The van der Waals surface area contributed by atoms with Gasteiger partial charge in [-0.25, -0.2) is 0 Å². The number of hydrogen-bond acceptors (Lipinski definition) is 2. The van der Waals surface area contributed by atoms with Gasteiger partial charge in [0.2, 0.25) is 5.91 Å². The van der Waals surface area contributed by atoms with Gasteiger partial charge >= 0.3 is 0 Å². The molecule has 3 nitrogen and oxygen atoms in total. The molecule has 1 saturated heterocycles. The Kier molecular flexibility index (Phi) is 5.29. The molecule has 3 heteroatoms. The first-order chi connectivity index (χ1) is 11.5. The highest BCUT2D eigenvalue weighted by molar-refractivity contribution is 5.79. The summed E-state index contributed by atoms with van der Waals surface area (Å²) >= 11 is 0. The number of likely N-dealkylation sites (tertiary alicyclic amines) is 1. The Morgan fingerprint density at radius 1 is 1.25 bits per heavy atom. The molecular formula is C21H31NO2. The number of benzene rings is 1. The molecule has 0 unspecified atom stereocenters. The molecule has 1 atom stereocenters. The van der Waals surface area contributed by atoms with Crippen molar-refractivity contribution in [3.8, 4) is 0 Å². The summed E-state index contributed by atoms with van der Waals surface area (Å²) in [7, 11) is 0. The molecule has 1 amide bonds. The first kappa shape index (κ1) is 17.5. The van der Waals surface area contributed by atoms with Crippen LogP contribution >= 0.6 is 0 Å². The van der Waals surface area contributed by atoms with Crippen LogP contribution in [0.5, 0.6) is 0 Å². The maximum Gasteiger partial charge on any atom is 0.227 e. The Morgan fingerprint density at radius 2 is 1.88 bits per heavy atom. The molecule has 24 heavy (non-hydrogen) atoms. The van der Waals surface area contributed by atoms with Crippen molar-refractivity contribution in [2.75, 3.05) is 19.7 Å². The van der Waals surface area contributed by atoms with E-state index in [0.717, 1.165) is 38.3 Å². The normalized spacial score (nSPS) is 21.5. The lowest BCUT2D eigenvalue weighted by Crippen LogP contribution is -2.50. The van der Waals surface area contributed by atoms with Gasteiger partial charge < -0.3 is 10.0 Å². The van der Waals surface area contributed by atoms with Crippen LogP contribution in [0.3, 0.4) is 0 Å². The molecule has 0 aromatic heterocycles. The molecule has 3 rings (SSSR count). The third-order valence-electron chi connectivity index (χ3n) is 6.29. The van der Waals surface area contributed by atoms with Crippen molar-refractivity contribution < 1.29 is 9.90 Å². The van der Waals surface area contributed by atoms with Crippen molar-refractivity contribution >= 4 is 5.91 Å². The van der Waals surface area contributed by atoms with E-state index >= 15 is 0 Å². The lowest BCUT2D eigenvalue weighted by Gasteiger charge is -2.52. The fourth-order valence-corrected chi connectivity index (χ4v) is 4.62. The second-order valence-electron chi connectivity index (χ2n) is 8.08. The van der Waals surface area contributed by atoms with Gasteiger partial charge in [-0.15, -0.1) is 0 Å². The molecule has 2 aliphatic rings. The van der Waals surface area contributed by atoms with Gasteiger partial charge in [-0.3, -0.25) is 4.79 Å². The van der Waals surface area contributed by atoms with Crippen LogP contribution in [0.2, 0.25) is 0 Å². The van der Waals surface area contributed by atoms with Gasteiger partial charge in [-0.05, 0) is 62.3 Å². The highest BCUT2D eigenvalue weighted by atomic mass is 16.3. The number of aliphatic hydroxyl groups excluding tert-OH is 1. The van der Waals surface area contributed by atoms with Crippen LogP contribution < -0.4 is 0 Å². The number of hydrogen-bond donors (Lipinski definition) is 1. The fourth-order valence-electron chi connectivity index (χ4n) is 4.62. The summed E-state index contributed by atoms with van der Waals surface area (Å²) in [5.41, 5.74) is 3.28. The van der Waals surface area contributed by atoms with E-state index in [4.69, 9.17) is 0 Å². The predicted octanol–water partition coefficient (Wildman–Crippen LogP) is 3.57. The Hall–Kier alpha value is -1.35. The summed E-state index contributed by atoms with van der Waals surface area (Å²) < 4.78 is 0. The Balaban J connectivity index is 1.46. The van der Waals surface area contributed by atoms with Crippen LogP contribution in [0.1, 0.15) is 50.2 Å². The SMILES string of the molecule is CC[C@H](CO)C(=O)N1CCC2(CC1)CC(Cc1ccc(C)cc1)C2. The number of amides is 1. The highest BCUT2D eigenvalue weighted by Gasteiger charge is 2.46. The van der Waals surface area contributed by atoms with Gasteiger partial charge in [0.25, 0.3) is 0 Å². The van der Waals surface area contributed by atoms with Crippen molar-refractivity contribution in [1.82, 2.24) is 4.90 Å². The summed E-state index contributed by atoms with van der Waals surface area (Å²) in [6.45, 7) is 5.86. The average Bonchev–Trinajstić information content (AvgIpc) is 2.57. The van der Waals surface area contributed by atoms with E-state index in [0.29, 0.717) is 5.41 Å². The number of carbonyl (C=O) groups is 1. The molecule has 1 aliphatic carbocycles. The number of rotatable bonds is 5. The third-order valence-corrected chi connectivity index (χ3v) is 6.29. The van der Waals surface area contributed by atoms with Crippen LogP contribution in [0, 0.1) is 24.2 Å². The summed E-state index contributed by atoms with van der Waals surface area (Å²) in [4.78, 5) is 14.4. The number of aliphatic hydroxyl groups is 1. The van der Waals surface area contributed by atoms with Crippen LogP contribution in [-0.4, -0.2) is 35.6 Å². The molecule has 1 saturated carbocycles. The monoisotopic (exact) mass is 329 g/mol. The summed E-state index contributed by atoms with van der Waals surface area (Å²) in [6, 6.07) is 8.95. The number of piperidine rings is 1. The zero-order chi connectivity index (χ0) is 17.2. The highest BCUT2D eigenvalue weighted by Crippen LogP contribution is 2.53. The summed E-state index contributed by atoms with van der Waals surface area (Å²) in [5.74, 6) is 0.774. The molecule has 0 bridgehead atoms. The molecular weight excluding hydrogens is 298 g/mol. The lowest BCUT2D eigenvalue weighted by atomic mass is 9.56. The molecule has 1 spiro atoms. The van der Waals surface area contributed by atoms with Gasteiger partial charge in [0.05, 0.1) is 12.5 Å². The standard InChI is InChI=1S/C21H31NO2/c1-3-19(15-23)20(24)22-10-8-21(9-11-22)13-18(14-21)12-17-6-4-16(2)5-7-17/h4-7,18-19,23H,3,8-15H2,1-2H3/t19-/m1/s1. The van der Waals surface area contributed by atoms with Crippen LogP contribution in [0.25, 0.3) is 0 Å². The van der Waals surface area contributed by atoms with Crippen molar-refractivity contribution in [3.05, 3.63) is 35.4 Å². The van der Waals surface area contributed by atoms with E-state index in [1.54, 1.807) is 0 Å². The minimum atomic E-state index is -0.199. The zero-order valence-corrected chi connectivity index (χ0v) is 15.1. The Labute approximate surface area is 146 Å². The molecule has 1 aliphatic heterocycles. The van der Waals surface area contributed by atoms with Crippen LogP contribution in [-0.2, 0) is 11.2 Å². The van der Waals surface area contributed by atoms with Gasteiger partial charge in [0.1, 0.15) is 0 Å². The van der Waals surface area contributed by atoms with Crippen LogP contribution in [0.15, 0.2) is 24.3 Å². The maximum atomic E-state index is 12.4. The molecule has 1 N–H and O–H groups in total. The van der Waals surface area contributed by atoms with E-state index in [1.807, 2.05) is 11.8 Å². The van der Waals surface area contributed by atoms with Crippen LogP contribution in [0.4, 0.5) is 0 Å². The van der Waals surface area contributed by atoms with Crippen molar-refractivity contribution in [2.45, 2.75) is 52.4 Å². The number of carbonyl (C=O) groups excluding carboxylic acids is 1. The van der Waals surface area contributed by atoms with E-state index in [2.05, 4.69) is 31.2 Å². The van der Waals surface area contributed by atoms with Crippen molar-refractivity contribution in [1.29, 1.82) is 0 Å². The second-order valence-corrected chi connectivity index (χ2v) is 8.08. The second kappa shape index (κ2) is 7.26. The smallest absolute Gasteiger partial charge is 0.227 e. The molecule has 1 aromatic carbocycles. The largest absolute Gasteiger partial charge is 0.396 e. The molecule has 132 valence electrons. The molecule has 0 radical (unpaired) electrons. The first-order valence-electron chi connectivity index (χ1n) is 9.50. The topological polar surface area (TPSA) is 40.5 Å². The predicted molar refractivity (Wildman–Crippen MR) is 96.7 cm³/mol. The minimum absolute atomic E-state index is 0.0183. The minimum Gasteiger partial charge on any atom is -0.396 e. The Bertz CT molecular complexity index is 546. The van der Waals surface area contributed by atoms with E-state index in [9.17, 15) is 9.90 Å². The maximum absolute atomic E-state index is 12.4. The van der Waals surface area contributed by atoms with E-state index in [-0.39, 0.29) is 18.4 Å². The fraction of sp³-hybridized carbons (Fsp3) is 0.667. The summed E-state index contributed by atoms with van der Waals surface area (Å²) in [5, 5.41) is 9.33. The quantitative estimate of drug-likeness (QED) is 0.897. The van der Waals surface area contributed by atoms with Crippen molar-refractivity contribution in [3.63, 3.8) is 0 Å². The number of nitrogens with zero attached hydrogens (tertiary/aromatic N) is 1. The van der Waals surface area contributed by atoms with Gasteiger partial charge in [-0.2, -0.15) is 0 Å². The van der Waals surface area contributed by atoms with Crippen molar-refractivity contribution in [2.24, 2.45) is 17.3 Å². The number of aryl methyl sites for hydroxylation is 1. The summed E-state index contributed by atoms with van der Waals surface area (Å²) in [6.07, 6.45) is 6.86. The average molecular weight is 329 g/mol. The van der Waals surface area contributed by atoms with Gasteiger partial charge in [-0.1, -0.05) is 36.8 Å². The van der Waals surface area contributed by atoms with E-state index in [1.165, 1.54) is 30.4 Å². The Morgan fingerprint density at radius 3 is 2.42 bits per heavy atom. The van der Waals surface area contributed by atoms with Gasteiger partial charge in [0.15, 0.2) is 0 Å². The lowest BCUT2D eigenvalue weighted by molar-refractivity contribution is -0.141. The molecule has 2 fully saturated rings. The van der Waals surface area contributed by atoms with Gasteiger partial charge in [0, 0.05) is 13.1 Å². The third kappa shape index (κ3) is 3.66. The first-order valence-corrected chi connectivity index (χ1v) is 9.50. The van der Waals surface area contributed by atoms with E-state index < -0.39 is 0 Å². The zero-order valence-electron chi connectivity index (χ0n) is 15.1.